The Kier molecular flexibility index (Phi) is 4.28. The van der Waals surface area contributed by atoms with Gasteiger partial charge in [0.25, 0.3) is 0 Å². The summed E-state index contributed by atoms with van der Waals surface area (Å²) >= 11 is 5.77. The van der Waals surface area contributed by atoms with Crippen molar-refractivity contribution in [3.63, 3.8) is 0 Å². The SMILES string of the molecule is CC1CS(=O)(=O)CCN1CC(=O)c1ccc(Cl)cc1. The van der Waals surface area contributed by atoms with Gasteiger partial charge in [-0.05, 0) is 31.2 Å². The molecule has 1 unspecified atom stereocenters. The number of rotatable bonds is 3. The largest absolute Gasteiger partial charge is 0.293 e. The Balaban J connectivity index is 2.02. The molecule has 0 aromatic heterocycles. The van der Waals surface area contributed by atoms with Crippen LogP contribution in [0, 0.1) is 0 Å². The summed E-state index contributed by atoms with van der Waals surface area (Å²) in [5, 5.41) is 0.592. The summed E-state index contributed by atoms with van der Waals surface area (Å²) in [6, 6.07) is 6.62. The van der Waals surface area contributed by atoms with Gasteiger partial charge in [-0.2, -0.15) is 0 Å². The number of nitrogens with zero attached hydrogens (tertiary/aromatic N) is 1. The maximum absolute atomic E-state index is 12.1. The molecule has 1 saturated heterocycles. The van der Waals surface area contributed by atoms with Crippen LogP contribution in [-0.4, -0.2) is 49.7 Å². The highest BCUT2D eigenvalue weighted by molar-refractivity contribution is 7.91. The standard InChI is InChI=1S/C13H16ClNO3S/c1-10-9-19(17,18)7-6-15(10)8-13(16)11-2-4-12(14)5-3-11/h2-5,10H,6-9H2,1H3. The highest BCUT2D eigenvalue weighted by atomic mass is 35.5. The van der Waals surface area contributed by atoms with E-state index in [1.165, 1.54) is 0 Å². The van der Waals surface area contributed by atoms with Gasteiger partial charge in [-0.25, -0.2) is 8.42 Å². The molecule has 1 aliphatic heterocycles. The van der Waals surface area contributed by atoms with E-state index in [4.69, 9.17) is 11.6 Å². The molecule has 6 heteroatoms. The van der Waals surface area contributed by atoms with E-state index in [0.29, 0.717) is 17.1 Å². The molecule has 1 atom stereocenters. The first-order chi connectivity index (χ1) is 8.87. The van der Waals surface area contributed by atoms with Crippen molar-refractivity contribution >= 4 is 27.2 Å². The third kappa shape index (κ3) is 3.78. The van der Waals surface area contributed by atoms with E-state index >= 15 is 0 Å². The maximum atomic E-state index is 12.1. The van der Waals surface area contributed by atoms with Crippen LogP contribution in [-0.2, 0) is 9.84 Å². The van der Waals surface area contributed by atoms with E-state index in [-0.39, 0.29) is 29.9 Å². The summed E-state index contributed by atoms with van der Waals surface area (Å²) in [7, 11) is -2.94. The number of benzene rings is 1. The molecular formula is C13H16ClNO3S. The highest BCUT2D eigenvalue weighted by Gasteiger charge is 2.29. The summed E-state index contributed by atoms with van der Waals surface area (Å²) in [6.45, 7) is 2.51. The van der Waals surface area contributed by atoms with Crippen LogP contribution >= 0.6 is 11.6 Å². The van der Waals surface area contributed by atoms with Gasteiger partial charge in [-0.15, -0.1) is 0 Å². The molecule has 0 N–H and O–H groups in total. The summed E-state index contributed by atoms with van der Waals surface area (Å²) in [4.78, 5) is 14.0. The molecule has 1 fully saturated rings. The van der Waals surface area contributed by atoms with E-state index in [2.05, 4.69) is 0 Å². The maximum Gasteiger partial charge on any atom is 0.176 e. The van der Waals surface area contributed by atoms with Crippen LogP contribution in [0.2, 0.25) is 5.02 Å². The number of hydrogen-bond acceptors (Lipinski definition) is 4. The van der Waals surface area contributed by atoms with Crippen molar-refractivity contribution in [2.24, 2.45) is 0 Å². The Morgan fingerprint density at radius 2 is 2.00 bits per heavy atom. The van der Waals surface area contributed by atoms with Gasteiger partial charge in [-0.3, -0.25) is 9.69 Å². The summed E-state index contributed by atoms with van der Waals surface area (Å²) in [5.74, 6) is 0.245. The molecule has 1 aliphatic rings. The van der Waals surface area contributed by atoms with Gasteiger partial charge in [0.15, 0.2) is 15.6 Å². The molecule has 1 aromatic rings. The van der Waals surface area contributed by atoms with Gasteiger partial charge < -0.3 is 0 Å². The molecular weight excluding hydrogens is 286 g/mol. The van der Waals surface area contributed by atoms with Crippen molar-refractivity contribution in [2.45, 2.75) is 13.0 Å². The minimum absolute atomic E-state index is 0.0113. The first kappa shape index (κ1) is 14.5. The van der Waals surface area contributed by atoms with Crippen LogP contribution < -0.4 is 0 Å². The molecule has 19 heavy (non-hydrogen) atoms. The number of hydrogen-bond donors (Lipinski definition) is 0. The Labute approximate surface area is 118 Å². The number of carbonyl (C=O) groups is 1. The minimum Gasteiger partial charge on any atom is -0.293 e. The number of sulfone groups is 1. The summed E-state index contributed by atoms with van der Waals surface area (Å²) < 4.78 is 22.9. The van der Waals surface area contributed by atoms with E-state index in [9.17, 15) is 13.2 Å². The number of Topliss-reactive ketones (excluding diaryl/α,β-unsaturated/α-hetero) is 1. The normalized spacial score (nSPS) is 23.2. The minimum atomic E-state index is -2.94. The first-order valence-corrected chi connectivity index (χ1v) is 8.30. The molecule has 1 heterocycles. The Morgan fingerprint density at radius 1 is 1.37 bits per heavy atom. The lowest BCUT2D eigenvalue weighted by Gasteiger charge is -2.32. The molecule has 104 valence electrons. The average Bonchev–Trinajstić information content (AvgIpc) is 2.33. The lowest BCUT2D eigenvalue weighted by molar-refractivity contribution is 0.0908. The van der Waals surface area contributed by atoms with E-state index in [1.54, 1.807) is 24.3 Å². The van der Waals surface area contributed by atoms with Crippen LogP contribution in [0.4, 0.5) is 0 Å². The van der Waals surface area contributed by atoms with Crippen LogP contribution in [0.15, 0.2) is 24.3 Å². The lowest BCUT2D eigenvalue weighted by Crippen LogP contribution is -2.48. The van der Waals surface area contributed by atoms with Gasteiger partial charge in [0.1, 0.15) is 0 Å². The summed E-state index contributed by atoms with van der Waals surface area (Å²) in [6.07, 6.45) is 0. The Hall–Kier alpha value is -0.910. The van der Waals surface area contributed by atoms with Gasteiger partial charge >= 0.3 is 0 Å². The van der Waals surface area contributed by atoms with Gasteiger partial charge in [0, 0.05) is 23.2 Å². The second kappa shape index (κ2) is 5.61. The molecule has 0 spiro atoms. The smallest absolute Gasteiger partial charge is 0.176 e. The fourth-order valence-electron chi connectivity index (χ4n) is 2.18. The Bertz CT molecular complexity index is 568. The van der Waals surface area contributed by atoms with Crippen molar-refractivity contribution in [1.82, 2.24) is 4.90 Å². The van der Waals surface area contributed by atoms with E-state index in [1.807, 2.05) is 11.8 Å². The third-order valence-electron chi connectivity index (χ3n) is 3.32. The molecule has 1 aromatic carbocycles. The number of ketones is 1. The van der Waals surface area contributed by atoms with Crippen molar-refractivity contribution in [3.8, 4) is 0 Å². The quantitative estimate of drug-likeness (QED) is 0.797. The van der Waals surface area contributed by atoms with Crippen molar-refractivity contribution < 1.29 is 13.2 Å². The third-order valence-corrected chi connectivity index (χ3v) is 5.37. The van der Waals surface area contributed by atoms with Gasteiger partial charge in [0.05, 0.1) is 18.1 Å². The monoisotopic (exact) mass is 301 g/mol. The van der Waals surface area contributed by atoms with Crippen molar-refractivity contribution in [2.75, 3.05) is 24.6 Å². The fourth-order valence-corrected chi connectivity index (χ4v) is 3.93. The number of carbonyl (C=O) groups excluding carboxylic acids is 1. The van der Waals surface area contributed by atoms with Crippen LogP contribution in [0.5, 0.6) is 0 Å². The second-order valence-corrected chi connectivity index (χ2v) is 7.53. The number of halogens is 1. The molecule has 4 nitrogen and oxygen atoms in total. The van der Waals surface area contributed by atoms with Crippen LogP contribution in [0.1, 0.15) is 17.3 Å². The predicted octanol–water partition coefficient (Wildman–Crippen LogP) is 1.64. The molecule has 0 saturated carbocycles. The molecule has 0 amide bonds. The van der Waals surface area contributed by atoms with E-state index < -0.39 is 9.84 Å². The topological polar surface area (TPSA) is 54.5 Å². The predicted molar refractivity (Wildman–Crippen MR) is 75.5 cm³/mol. The van der Waals surface area contributed by atoms with Gasteiger partial charge in [0.2, 0.25) is 0 Å². The molecule has 0 aliphatic carbocycles. The molecule has 0 radical (unpaired) electrons. The highest BCUT2D eigenvalue weighted by Crippen LogP contribution is 2.14. The van der Waals surface area contributed by atoms with E-state index in [0.717, 1.165) is 0 Å². The second-order valence-electron chi connectivity index (χ2n) is 4.86. The zero-order valence-electron chi connectivity index (χ0n) is 10.7. The average molecular weight is 302 g/mol. The molecule has 2 rings (SSSR count). The zero-order valence-corrected chi connectivity index (χ0v) is 12.2. The fraction of sp³-hybridized carbons (Fsp3) is 0.462. The molecule has 0 bridgehead atoms. The lowest BCUT2D eigenvalue weighted by atomic mass is 10.1. The van der Waals surface area contributed by atoms with Crippen molar-refractivity contribution in [3.05, 3.63) is 34.9 Å². The van der Waals surface area contributed by atoms with Crippen LogP contribution in [0.3, 0.4) is 0 Å². The van der Waals surface area contributed by atoms with Gasteiger partial charge in [-0.1, -0.05) is 11.6 Å². The van der Waals surface area contributed by atoms with Crippen LogP contribution in [0.25, 0.3) is 0 Å². The first-order valence-electron chi connectivity index (χ1n) is 6.10. The van der Waals surface area contributed by atoms with Crippen molar-refractivity contribution in [1.29, 1.82) is 0 Å². The zero-order chi connectivity index (χ0) is 14.0. The summed E-state index contributed by atoms with van der Waals surface area (Å²) in [5.41, 5.74) is 0.602. The Morgan fingerprint density at radius 3 is 2.58 bits per heavy atom.